The molecule has 4 atom stereocenters. The first kappa shape index (κ1) is 25.6. The topological polar surface area (TPSA) is 217 Å². The molecule has 0 fully saturated rings. The van der Waals surface area contributed by atoms with Crippen molar-refractivity contribution >= 4 is 29.7 Å². The number of rotatable bonds is 12. The predicted octanol–water partition coefficient (Wildman–Crippen LogP) is -2.03. The van der Waals surface area contributed by atoms with E-state index in [2.05, 4.69) is 25.9 Å². The molecule has 0 aliphatic rings. The van der Waals surface area contributed by atoms with Crippen LogP contribution in [0.2, 0.25) is 0 Å². The van der Waals surface area contributed by atoms with Crippen LogP contribution in [0.15, 0.2) is 12.5 Å². The molecular formula is C18H28N6O7. The molecule has 13 heteroatoms. The van der Waals surface area contributed by atoms with E-state index in [0.29, 0.717) is 5.69 Å². The average molecular weight is 440 g/mol. The number of hydrogen-bond acceptors (Lipinski definition) is 7. The number of imidazole rings is 1. The molecule has 8 N–H and O–H groups in total. The average Bonchev–Trinajstić information content (AvgIpc) is 3.17. The van der Waals surface area contributed by atoms with Crippen molar-refractivity contribution in [1.29, 1.82) is 0 Å². The second-order valence-corrected chi connectivity index (χ2v) is 7.35. The van der Waals surface area contributed by atoms with E-state index in [1.165, 1.54) is 19.4 Å². The number of amides is 3. The summed E-state index contributed by atoms with van der Waals surface area (Å²) in [6.45, 7) is 4.59. The highest BCUT2D eigenvalue weighted by molar-refractivity contribution is 5.94. The molecule has 0 aliphatic heterocycles. The van der Waals surface area contributed by atoms with E-state index >= 15 is 0 Å². The molecule has 0 aromatic carbocycles. The summed E-state index contributed by atoms with van der Waals surface area (Å²) in [4.78, 5) is 66.0. The molecule has 172 valence electrons. The Balaban J connectivity index is 2.97. The van der Waals surface area contributed by atoms with Gasteiger partial charge in [0.05, 0.1) is 18.8 Å². The predicted molar refractivity (Wildman–Crippen MR) is 106 cm³/mol. The van der Waals surface area contributed by atoms with Crippen LogP contribution in [0.25, 0.3) is 0 Å². The van der Waals surface area contributed by atoms with Gasteiger partial charge in [-0.15, -0.1) is 0 Å². The maximum Gasteiger partial charge on any atom is 0.325 e. The minimum atomic E-state index is -1.38. The number of aromatic nitrogens is 2. The van der Waals surface area contributed by atoms with Crippen LogP contribution < -0.4 is 21.7 Å². The Morgan fingerprint density at radius 3 is 2.16 bits per heavy atom. The van der Waals surface area contributed by atoms with Crippen molar-refractivity contribution in [3.63, 3.8) is 0 Å². The first-order chi connectivity index (χ1) is 14.4. The van der Waals surface area contributed by atoms with Gasteiger partial charge in [0.15, 0.2) is 0 Å². The third-order valence-corrected chi connectivity index (χ3v) is 4.32. The van der Waals surface area contributed by atoms with Gasteiger partial charge in [0.2, 0.25) is 17.7 Å². The van der Waals surface area contributed by atoms with E-state index < -0.39 is 66.2 Å². The summed E-state index contributed by atoms with van der Waals surface area (Å²) in [5.74, 6) is -5.20. The fraction of sp³-hybridized carbons (Fsp3) is 0.556. The number of carboxylic acids is 2. The summed E-state index contributed by atoms with van der Waals surface area (Å²) < 4.78 is 0. The number of aliphatic carboxylic acids is 2. The first-order valence-corrected chi connectivity index (χ1v) is 9.50. The first-order valence-electron chi connectivity index (χ1n) is 9.50. The van der Waals surface area contributed by atoms with Crippen molar-refractivity contribution < 1.29 is 34.2 Å². The van der Waals surface area contributed by atoms with Gasteiger partial charge in [-0.3, -0.25) is 24.0 Å². The number of carbonyl (C=O) groups excluding carboxylic acids is 3. The number of hydrogen-bond donors (Lipinski definition) is 7. The van der Waals surface area contributed by atoms with Gasteiger partial charge in [0.25, 0.3) is 0 Å². The summed E-state index contributed by atoms with van der Waals surface area (Å²) in [6.07, 6.45) is 2.15. The number of H-pyrrole nitrogens is 1. The van der Waals surface area contributed by atoms with Crippen molar-refractivity contribution in [2.45, 2.75) is 57.8 Å². The number of nitrogens with zero attached hydrogens (tertiary/aromatic N) is 1. The zero-order chi connectivity index (χ0) is 23.7. The van der Waals surface area contributed by atoms with E-state index in [0.717, 1.165) is 0 Å². The van der Waals surface area contributed by atoms with Crippen LogP contribution in [0.4, 0.5) is 0 Å². The van der Waals surface area contributed by atoms with Gasteiger partial charge in [0.1, 0.15) is 18.1 Å². The molecule has 3 amide bonds. The number of nitrogens with two attached hydrogens (primary N) is 1. The highest BCUT2D eigenvalue weighted by Crippen LogP contribution is 2.06. The minimum Gasteiger partial charge on any atom is -0.481 e. The fourth-order valence-electron chi connectivity index (χ4n) is 2.54. The van der Waals surface area contributed by atoms with Gasteiger partial charge in [-0.2, -0.15) is 0 Å². The maximum absolute atomic E-state index is 12.9. The van der Waals surface area contributed by atoms with Crippen LogP contribution in [0.1, 0.15) is 32.9 Å². The smallest absolute Gasteiger partial charge is 0.325 e. The molecular weight excluding hydrogens is 412 g/mol. The van der Waals surface area contributed by atoms with Crippen LogP contribution in [0.3, 0.4) is 0 Å². The van der Waals surface area contributed by atoms with Crippen molar-refractivity contribution in [1.82, 2.24) is 25.9 Å². The van der Waals surface area contributed by atoms with Crippen molar-refractivity contribution in [2.75, 3.05) is 0 Å². The molecule has 0 radical (unpaired) electrons. The van der Waals surface area contributed by atoms with Gasteiger partial charge < -0.3 is 36.9 Å². The zero-order valence-electron chi connectivity index (χ0n) is 17.4. The lowest BCUT2D eigenvalue weighted by Crippen LogP contribution is -2.58. The molecule has 0 saturated carbocycles. The van der Waals surface area contributed by atoms with Gasteiger partial charge in [-0.25, -0.2) is 4.98 Å². The van der Waals surface area contributed by atoms with Crippen LogP contribution >= 0.6 is 0 Å². The van der Waals surface area contributed by atoms with Gasteiger partial charge in [-0.05, 0) is 12.8 Å². The molecule has 31 heavy (non-hydrogen) atoms. The van der Waals surface area contributed by atoms with Gasteiger partial charge >= 0.3 is 11.9 Å². The Morgan fingerprint density at radius 1 is 1.03 bits per heavy atom. The highest BCUT2D eigenvalue weighted by Gasteiger charge is 2.31. The Bertz CT molecular complexity index is 795. The van der Waals surface area contributed by atoms with E-state index in [-0.39, 0.29) is 6.42 Å². The number of aromatic amines is 1. The lowest BCUT2D eigenvalue weighted by atomic mass is 10.0. The van der Waals surface area contributed by atoms with Crippen LogP contribution in [-0.4, -0.2) is 74.0 Å². The molecule has 0 bridgehead atoms. The third-order valence-electron chi connectivity index (χ3n) is 4.32. The lowest BCUT2D eigenvalue weighted by molar-refractivity contribution is -0.142. The molecule has 0 saturated heterocycles. The van der Waals surface area contributed by atoms with Crippen LogP contribution in [0.5, 0.6) is 0 Å². The quantitative estimate of drug-likeness (QED) is 0.190. The minimum absolute atomic E-state index is 0.0324. The standard InChI is InChI=1S/C18H28N6O7/c1-8(2)14(17(29)22-9(3)18(30)31)24-16(28)12(4-10-6-20-7-21-10)23-15(27)11(19)5-13(25)26/h6-9,11-12,14H,4-5,19H2,1-3H3,(H,20,21)(H,22,29)(H,23,27)(H,24,28)(H,25,26)(H,30,31). The number of nitrogens with one attached hydrogen (secondary N) is 4. The summed E-state index contributed by atoms with van der Waals surface area (Å²) in [5.41, 5.74) is 6.05. The van der Waals surface area contributed by atoms with Crippen molar-refractivity contribution in [3.8, 4) is 0 Å². The van der Waals surface area contributed by atoms with E-state index in [4.69, 9.17) is 15.9 Å². The fourth-order valence-corrected chi connectivity index (χ4v) is 2.54. The molecule has 0 spiro atoms. The Labute approximate surface area is 178 Å². The summed E-state index contributed by atoms with van der Waals surface area (Å²) in [5, 5.41) is 24.9. The molecule has 0 aliphatic carbocycles. The lowest BCUT2D eigenvalue weighted by Gasteiger charge is -2.26. The zero-order valence-corrected chi connectivity index (χ0v) is 17.4. The second-order valence-electron chi connectivity index (χ2n) is 7.35. The molecule has 1 aromatic rings. The number of carboxylic acid groups (broad SMARTS) is 2. The summed E-state index contributed by atoms with van der Waals surface area (Å²) in [6, 6.07) is -4.82. The molecule has 1 rings (SSSR count). The molecule has 13 nitrogen and oxygen atoms in total. The summed E-state index contributed by atoms with van der Waals surface area (Å²) >= 11 is 0. The van der Waals surface area contributed by atoms with E-state index in [9.17, 15) is 24.0 Å². The highest BCUT2D eigenvalue weighted by atomic mass is 16.4. The number of carbonyl (C=O) groups is 5. The van der Waals surface area contributed by atoms with Crippen LogP contribution in [0, 0.1) is 5.92 Å². The molecule has 1 aromatic heterocycles. The second kappa shape index (κ2) is 11.6. The van der Waals surface area contributed by atoms with E-state index in [1.807, 2.05) is 0 Å². The normalized spacial score (nSPS) is 14.7. The van der Waals surface area contributed by atoms with Crippen molar-refractivity contribution in [3.05, 3.63) is 18.2 Å². The molecule has 4 unspecified atom stereocenters. The monoisotopic (exact) mass is 440 g/mol. The Morgan fingerprint density at radius 2 is 1.68 bits per heavy atom. The summed E-state index contributed by atoms with van der Waals surface area (Å²) in [7, 11) is 0. The van der Waals surface area contributed by atoms with Gasteiger partial charge in [0, 0.05) is 18.3 Å². The van der Waals surface area contributed by atoms with Gasteiger partial charge in [-0.1, -0.05) is 13.8 Å². The molecule has 1 heterocycles. The Kier molecular flexibility index (Phi) is 9.60. The van der Waals surface area contributed by atoms with Crippen molar-refractivity contribution in [2.24, 2.45) is 11.7 Å². The third kappa shape index (κ3) is 8.42. The van der Waals surface area contributed by atoms with E-state index in [1.54, 1.807) is 13.8 Å². The SMILES string of the molecule is CC(NC(=O)C(NC(=O)C(Cc1cnc[nH]1)NC(=O)C(N)CC(=O)O)C(C)C)C(=O)O. The Hall–Kier alpha value is -3.48. The maximum atomic E-state index is 12.9. The largest absolute Gasteiger partial charge is 0.481 e. The van der Waals surface area contributed by atoms with Crippen LogP contribution in [-0.2, 0) is 30.4 Å².